The van der Waals surface area contributed by atoms with Crippen molar-refractivity contribution >= 4 is 23.9 Å². The van der Waals surface area contributed by atoms with Gasteiger partial charge in [-0.3, -0.25) is 19.9 Å². The molecule has 10 aromatic carbocycles. The van der Waals surface area contributed by atoms with Crippen LogP contribution in [0.3, 0.4) is 0 Å². The number of benzene rings is 10. The molecule has 486 valence electrons. The zero-order chi connectivity index (χ0) is 69.1. The van der Waals surface area contributed by atoms with Crippen molar-refractivity contribution in [1.29, 1.82) is 0 Å². The second-order valence-corrected chi connectivity index (χ2v) is 23.6. The number of ether oxygens (including phenoxy) is 4. The van der Waals surface area contributed by atoms with Gasteiger partial charge in [-0.1, -0.05) is 121 Å². The fraction of sp³-hybridized carbons (Fsp3) is 0. The molecule has 0 spiro atoms. The Morgan fingerprint density at radius 3 is 0.676 bits per heavy atom. The maximum atomic E-state index is 14.2. The third-order valence-corrected chi connectivity index (χ3v) is 17.0. The Hall–Kier alpha value is -14.2. The second kappa shape index (κ2) is 29.2. The highest BCUT2D eigenvalue weighted by atomic mass is 16.5. The Morgan fingerprint density at radius 2 is 0.422 bits per heavy atom. The Bertz CT molecular complexity index is 4960. The molecule has 0 atom stereocenters. The number of hydrogen-bond donors (Lipinski definition) is 0. The van der Waals surface area contributed by atoms with Gasteiger partial charge in [0.05, 0.1) is 56.4 Å². The van der Waals surface area contributed by atoms with Gasteiger partial charge in [0.2, 0.25) is 0 Å². The van der Waals surface area contributed by atoms with Crippen molar-refractivity contribution in [3.05, 3.63) is 363 Å². The molecule has 14 heteroatoms. The summed E-state index contributed by atoms with van der Waals surface area (Å²) in [6.45, 7) is 0. The minimum atomic E-state index is -0.666. The number of aromatic nitrogens is 6. The second-order valence-electron chi connectivity index (χ2n) is 23.6. The van der Waals surface area contributed by atoms with Crippen molar-refractivity contribution in [3.63, 3.8) is 0 Å². The summed E-state index contributed by atoms with van der Waals surface area (Å²) in [7, 11) is 0. The number of nitrogens with zero attached hydrogens (tertiary/aromatic N) is 6. The molecule has 0 saturated heterocycles. The SMILES string of the molecule is O=C(Oc1ccc(-c2ccccn2)cc1)c1cc(C(=O)Oc2ccc(-c3ccccn3)cc2)cc(-c2ccccc2-c2ccc(-c3cc(-c4ccc(-c5ccccc5-c5cc(C(=O)Oc6ccc(-c7ccccn7)cc6)cc(C(=O)Oc6ccc(-c7ccccn7)cc6)c5)cc4)ncn3)cc2)c1. The van der Waals surface area contributed by atoms with Crippen LogP contribution in [-0.4, -0.2) is 53.8 Å². The molecular formula is C88H56N6O8. The van der Waals surface area contributed by atoms with Gasteiger partial charge in [0.1, 0.15) is 29.3 Å². The summed E-state index contributed by atoms with van der Waals surface area (Å²) in [4.78, 5) is 83.9. The van der Waals surface area contributed by atoms with Gasteiger partial charge >= 0.3 is 23.9 Å². The first-order valence-corrected chi connectivity index (χ1v) is 32.6. The van der Waals surface area contributed by atoms with E-state index in [1.807, 2.05) is 224 Å². The minimum Gasteiger partial charge on any atom is -0.423 e. The van der Waals surface area contributed by atoms with E-state index in [4.69, 9.17) is 28.9 Å². The Balaban J connectivity index is 0.686. The van der Waals surface area contributed by atoms with Crippen molar-refractivity contribution < 1.29 is 38.1 Å². The fourth-order valence-electron chi connectivity index (χ4n) is 11.9. The monoisotopic (exact) mass is 1320 g/mol. The summed E-state index contributed by atoms with van der Waals surface area (Å²) in [6.07, 6.45) is 8.41. The summed E-state index contributed by atoms with van der Waals surface area (Å²) in [5.74, 6) is -1.40. The van der Waals surface area contributed by atoms with Gasteiger partial charge in [-0.05, 0) is 233 Å². The number of rotatable bonds is 18. The zero-order valence-corrected chi connectivity index (χ0v) is 54.3. The van der Waals surface area contributed by atoms with Crippen LogP contribution in [0, 0.1) is 0 Å². The molecule has 5 aromatic heterocycles. The number of carbonyl (C=O) groups excluding carboxylic acids is 4. The van der Waals surface area contributed by atoms with Crippen LogP contribution in [0.4, 0.5) is 0 Å². The molecule has 0 radical (unpaired) electrons. The molecule has 0 aliphatic rings. The van der Waals surface area contributed by atoms with Crippen molar-refractivity contribution in [2.45, 2.75) is 0 Å². The molecule has 102 heavy (non-hydrogen) atoms. The van der Waals surface area contributed by atoms with Gasteiger partial charge in [0, 0.05) is 58.2 Å². The lowest BCUT2D eigenvalue weighted by Crippen LogP contribution is -2.13. The molecule has 0 unspecified atom stereocenters. The number of carbonyl (C=O) groups is 4. The molecule has 0 saturated carbocycles. The topological polar surface area (TPSA) is 183 Å². The van der Waals surface area contributed by atoms with Gasteiger partial charge in [0.25, 0.3) is 0 Å². The predicted octanol–water partition coefficient (Wildman–Crippen LogP) is 19.6. The minimum absolute atomic E-state index is 0.140. The first-order valence-electron chi connectivity index (χ1n) is 32.6. The third kappa shape index (κ3) is 14.6. The molecule has 15 rings (SSSR count). The fourth-order valence-corrected chi connectivity index (χ4v) is 11.9. The van der Waals surface area contributed by atoms with E-state index in [0.29, 0.717) is 45.5 Å². The van der Waals surface area contributed by atoms with Gasteiger partial charge < -0.3 is 18.9 Å². The van der Waals surface area contributed by atoms with Crippen molar-refractivity contribution in [2.75, 3.05) is 0 Å². The molecule has 0 N–H and O–H groups in total. The molecule has 14 nitrogen and oxygen atoms in total. The Labute approximate surface area is 586 Å². The normalized spacial score (nSPS) is 10.9. The van der Waals surface area contributed by atoms with E-state index in [9.17, 15) is 19.2 Å². The first-order chi connectivity index (χ1) is 50.1. The van der Waals surface area contributed by atoms with E-state index in [0.717, 1.165) is 89.5 Å². The van der Waals surface area contributed by atoms with E-state index in [-0.39, 0.29) is 22.3 Å². The molecule has 0 fully saturated rings. The van der Waals surface area contributed by atoms with Crippen LogP contribution in [-0.2, 0) is 0 Å². The summed E-state index contributed by atoms with van der Waals surface area (Å²) >= 11 is 0. The quantitative estimate of drug-likeness (QED) is 0.0584. The summed E-state index contributed by atoms with van der Waals surface area (Å²) in [6, 6.07) is 94.3. The predicted molar refractivity (Wildman–Crippen MR) is 393 cm³/mol. The van der Waals surface area contributed by atoms with E-state index >= 15 is 0 Å². The van der Waals surface area contributed by atoms with Crippen molar-refractivity contribution in [1.82, 2.24) is 29.9 Å². The van der Waals surface area contributed by atoms with E-state index in [1.165, 1.54) is 12.1 Å². The van der Waals surface area contributed by atoms with Crippen LogP contribution in [0.5, 0.6) is 23.0 Å². The maximum absolute atomic E-state index is 14.2. The third-order valence-electron chi connectivity index (χ3n) is 17.0. The molecular weight excluding hydrogens is 1270 g/mol. The van der Waals surface area contributed by atoms with Crippen molar-refractivity contribution in [3.8, 4) is 135 Å². The zero-order valence-electron chi connectivity index (χ0n) is 54.3. The van der Waals surface area contributed by atoms with Gasteiger partial charge in [-0.25, -0.2) is 29.1 Å². The number of esters is 4. The Morgan fingerprint density at radius 1 is 0.196 bits per heavy atom. The average molecular weight is 1330 g/mol. The van der Waals surface area contributed by atoms with Crippen LogP contribution < -0.4 is 18.9 Å². The Kier molecular flexibility index (Phi) is 18.3. The average Bonchev–Trinajstić information content (AvgIpc) is 0.793. The highest BCUT2D eigenvalue weighted by Gasteiger charge is 2.23. The molecule has 5 heterocycles. The highest BCUT2D eigenvalue weighted by molar-refractivity contribution is 6.02. The lowest BCUT2D eigenvalue weighted by atomic mass is 9.91. The molecule has 0 amide bonds. The largest absolute Gasteiger partial charge is 0.423 e. The van der Waals surface area contributed by atoms with Crippen LogP contribution in [0.2, 0.25) is 0 Å². The number of pyridine rings is 4. The van der Waals surface area contributed by atoms with Crippen molar-refractivity contribution in [2.24, 2.45) is 0 Å². The van der Waals surface area contributed by atoms with Gasteiger partial charge in [0.15, 0.2) is 0 Å². The van der Waals surface area contributed by atoms with E-state index < -0.39 is 23.9 Å². The van der Waals surface area contributed by atoms with Gasteiger partial charge in [-0.15, -0.1) is 0 Å². The lowest BCUT2D eigenvalue weighted by molar-refractivity contribution is 0.0716. The van der Waals surface area contributed by atoms with Crippen LogP contribution >= 0.6 is 0 Å². The van der Waals surface area contributed by atoms with E-state index in [2.05, 4.69) is 19.9 Å². The van der Waals surface area contributed by atoms with E-state index in [1.54, 1.807) is 104 Å². The van der Waals surface area contributed by atoms with Gasteiger partial charge in [-0.2, -0.15) is 0 Å². The molecule has 15 aromatic rings. The summed E-state index contributed by atoms with van der Waals surface area (Å²) in [5.41, 5.74) is 16.2. The molecule has 0 aliphatic heterocycles. The van der Waals surface area contributed by atoms with Crippen LogP contribution in [0.15, 0.2) is 340 Å². The highest BCUT2D eigenvalue weighted by Crippen LogP contribution is 2.38. The molecule has 0 aliphatic carbocycles. The summed E-state index contributed by atoms with van der Waals surface area (Å²) < 4.78 is 23.8. The molecule has 0 bridgehead atoms. The number of hydrogen-bond acceptors (Lipinski definition) is 14. The smallest absolute Gasteiger partial charge is 0.343 e. The van der Waals surface area contributed by atoms with Crippen LogP contribution in [0.25, 0.3) is 112 Å². The lowest BCUT2D eigenvalue weighted by Gasteiger charge is -2.14. The van der Waals surface area contributed by atoms with Crippen LogP contribution in [0.1, 0.15) is 41.4 Å². The maximum Gasteiger partial charge on any atom is 0.343 e. The first kappa shape index (κ1) is 63.8. The summed E-state index contributed by atoms with van der Waals surface area (Å²) in [5, 5.41) is 0. The standard InChI is InChI=1S/C88H56N6O8/c95-85(99-71-37-29-59(30-38-71)79-17-5-9-45-89-79)67-49-65(50-68(53-67)86(96)100-72-39-31-60(32-40-72)80-18-6-10-46-90-80)77-15-3-1-13-75(77)57-21-25-63(26-22-57)83-55-84(94-56-93-83)64-27-23-58(24-28-64)76-14-2-4-16-78(76)66-51-69(87(97)101-73-41-33-61(34-42-73)81-19-7-11-47-91-81)54-70(52-66)88(98)102-74-43-35-62(36-44-74)82-20-8-12-48-92-82/h1-56H.